The summed E-state index contributed by atoms with van der Waals surface area (Å²) in [5.41, 5.74) is 1.43. The highest BCUT2D eigenvalue weighted by atomic mass is 19.3. The summed E-state index contributed by atoms with van der Waals surface area (Å²) in [6, 6.07) is 7.07. The van der Waals surface area contributed by atoms with Crippen molar-refractivity contribution in [3.05, 3.63) is 29.8 Å². The zero-order chi connectivity index (χ0) is 14.6. The molecule has 1 atom stereocenters. The van der Waals surface area contributed by atoms with Gasteiger partial charge in [-0.05, 0) is 49.3 Å². The maximum Gasteiger partial charge on any atom is 0.387 e. The average molecular weight is 283 g/mol. The van der Waals surface area contributed by atoms with E-state index < -0.39 is 6.61 Å². The second-order valence-electron chi connectivity index (χ2n) is 5.76. The summed E-state index contributed by atoms with van der Waals surface area (Å²) in [5.74, 6) is 0.222. The normalized spacial score (nSPS) is 18.6. The van der Waals surface area contributed by atoms with Crippen LogP contribution < -0.4 is 10.1 Å². The second-order valence-corrected chi connectivity index (χ2v) is 5.76. The lowest BCUT2D eigenvalue weighted by atomic mass is 9.67. The van der Waals surface area contributed by atoms with Gasteiger partial charge in [0.2, 0.25) is 0 Å². The first-order valence-corrected chi connectivity index (χ1v) is 7.33. The van der Waals surface area contributed by atoms with E-state index >= 15 is 0 Å². The van der Waals surface area contributed by atoms with Crippen LogP contribution >= 0.6 is 0 Å². The molecule has 1 aliphatic rings. The molecule has 1 fully saturated rings. The zero-order valence-corrected chi connectivity index (χ0v) is 12.2. The van der Waals surface area contributed by atoms with Crippen molar-refractivity contribution in [2.45, 2.75) is 52.2 Å². The van der Waals surface area contributed by atoms with Crippen LogP contribution in [0.25, 0.3) is 0 Å². The number of ether oxygens (including phenoxy) is 1. The summed E-state index contributed by atoms with van der Waals surface area (Å²) in [7, 11) is 0. The van der Waals surface area contributed by atoms with Crippen LogP contribution in [0.5, 0.6) is 5.75 Å². The van der Waals surface area contributed by atoms with Gasteiger partial charge in [0.15, 0.2) is 0 Å². The van der Waals surface area contributed by atoms with Crippen molar-refractivity contribution in [2.75, 3.05) is 6.54 Å². The molecular weight excluding hydrogens is 260 g/mol. The van der Waals surface area contributed by atoms with E-state index in [-0.39, 0.29) is 11.8 Å². The van der Waals surface area contributed by atoms with E-state index in [0.717, 1.165) is 12.1 Å². The van der Waals surface area contributed by atoms with E-state index in [9.17, 15) is 8.78 Å². The van der Waals surface area contributed by atoms with Gasteiger partial charge in [0.05, 0.1) is 0 Å². The van der Waals surface area contributed by atoms with Crippen LogP contribution in [0, 0.1) is 5.41 Å². The van der Waals surface area contributed by atoms with E-state index in [0.29, 0.717) is 5.41 Å². The largest absolute Gasteiger partial charge is 0.435 e. The van der Waals surface area contributed by atoms with Gasteiger partial charge >= 0.3 is 6.61 Å². The lowest BCUT2D eigenvalue weighted by Gasteiger charge is -2.42. The Kier molecular flexibility index (Phi) is 4.97. The Balaban J connectivity index is 1.93. The summed E-state index contributed by atoms with van der Waals surface area (Å²) in [6.45, 7) is 2.52. The van der Waals surface area contributed by atoms with Crippen LogP contribution in [-0.4, -0.2) is 13.2 Å². The van der Waals surface area contributed by atoms with Crippen molar-refractivity contribution < 1.29 is 13.5 Å². The predicted molar refractivity (Wildman–Crippen MR) is 76.1 cm³/mol. The van der Waals surface area contributed by atoms with E-state index in [1.54, 1.807) is 18.2 Å². The fraction of sp³-hybridized carbons (Fsp3) is 0.625. The Labute approximate surface area is 119 Å². The maximum absolute atomic E-state index is 12.2. The van der Waals surface area contributed by atoms with Gasteiger partial charge in [-0.3, -0.25) is 0 Å². The minimum atomic E-state index is -2.77. The molecule has 0 radical (unpaired) electrons. The molecule has 1 aromatic carbocycles. The van der Waals surface area contributed by atoms with Gasteiger partial charge in [0.25, 0.3) is 0 Å². The van der Waals surface area contributed by atoms with Crippen molar-refractivity contribution in [3.8, 4) is 5.75 Å². The topological polar surface area (TPSA) is 21.3 Å². The number of halogens is 2. The molecule has 0 aromatic heterocycles. The van der Waals surface area contributed by atoms with Crippen LogP contribution in [0.1, 0.15) is 51.1 Å². The number of nitrogens with one attached hydrogen (secondary N) is 1. The standard InChI is InChI=1S/C16H23F2NO/c1-3-16(8-5-9-16)11-19-12(2)13-6-4-7-14(10-13)20-15(17)18/h4,6-7,10,12,15,19H,3,5,8-9,11H2,1-2H3. The van der Waals surface area contributed by atoms with Crippen LogP contribution in [0.4, 0.5) is 8.78 Å². The number of hydrogen-bond acceptors (Lipinski definition) is 2. The van der Waals surface area contributed by atoms with Gasteiger partial charge in [0.1, 0.15) is 5.75 Å². The molecule has 1 aliphatic carbocycles. The highest BCUT2D eigenvalue weighted by Gasteiger charge is 2.34. The van der Waals surface area contributed by atoms with Crippen molar-refractivity contribution in [1.29, 1.82) is 0 Å². The summed E-state index contributed by atoms with van der Waals surface area (Å²) in [5, 5.41) is 3.53. The minimum absolute atomic E-state index is 0.139. The van der Waals surface area contributed by atoms with Crippen LogP contribution in [0.15, 0.2) is 24.3 Å². The first-order valence-electron chi connectivity index (χ1n) is 7.33. The summed E-state index contributed by atoms with van der Waals surface area (Å²) < 4.78 is 28.9. The van der Waals surface area contributed by atoms with E-state index in [2.05, 4.69) is 23.9 Å². The van der Waals surface area contributed by atoms with Gasteiger partial charge in [-0.25, -0.2) is 0 Å². The number of alkyl halides is 2. The maximum atomic E-state index is 12.2. The molecule has 2 rings (SSSR count). The van der Waals surface area contributed by atoms with E-state index in [1.165, 1.54) is 25.7 Å². The highest BCUT2D eigenvalue weighted by molar-refractivity contribution is 5.30. The van der Waals surface area contributed by atoms with E-state index in [1.807, 2.05) is 6.07 Å². The average Bonchev–Trinajstić information content (AvgIpc) is 2.37. The zero-order valence-electron chi connectivity index (χ0n) is 12.2. The SMILES string of the molecule is CCC1(CNC(C)c2cccc(OC(F)F)c2)CCC1. The lowest BCUT2D eigenvalue weighted by Crippen LogP contribution is -2.40. The Bertz CT molecular complexity index is 427. The van der Waals surface area contributed by atoms with Crippen molar-refractivity contribution >= 4 is 0 Å². The molecule has 1 saturated carbocycles. The third-order valence-electron chi connectivity index (χ3n) is 4.53. The fourth-order valence-corrected chi connectivity index (χ4v) is 2.78. The molecule has 0 amide bonds. The van der Waals surface area contributed by atoms with Crippen LogP contribution in [0.2, 0.25) is 0 Å². The molecule has 0 spiro atoms. The third-order valence-corrected chi connectivity index (χ3v) is 4.53. The van der Waals surface area contributed by atoms with E-state index in [4.69, 9.17) is 0 Å². The van der Waals surface area contributed by atoms with Crippen LogP contribution in [0.3, 0.4) is 0 Å². The molecule has 2 nitrogen and oxygen atoms in total. The third kappa shape index (κ3) is 3.69. The molecule has 0 saturated heterocycles. The molecule has 1 aromatic rings. The van der Waals surface area contributed by atoms with Crippen molar-refractivity contribution in [3.63, 3.8) is 0 Å². The number of hydrogen-bond donors (Lipinski definition) is 1. The monoisotopic (exact) mass is 283 g/mol. The Morgan fingerprint density at radius 2 is 2.10 bits per heavy atom. The first kappa shape index (κ1) is 15.2. The summed E-state index contributed by atoms with van der Waals surface area (Å²) >= 11 is 0. The summed E-state index contributed by atoms with van der Waals surface area (Å²) in [4.78, 5) is 0. The van der Waals surface area contributed by atoms with Gasteiger partial charge in [0, 0.05) is 12.6 Å². The molecule has 1 unspecified atom stereocenters. The van der Waals surface area contributed by atoms with Gasteiger partial charge in [-0.1, -0.05) is 25.5 Å². The quantitative estimate of drug-likeness (QED) is 0.794. The first-order chi connectivity index (χ1) is 9.54. The summed E-state index contributed by atoms with van der Waals surface area (Å²) in [6.07, 6.45) is 5.10. The molecule has 0 aliphatic heterocycles. The fourth-order valence-electron chi connectivity index (χ4n) is 2.78. The molecule has 0 bridgehead atoms. The van der Waals surface area contributed by atoms with Crippen LogP contribution in [-0.2, 0) is 0 Å². The lowest BCUT2D eigenvalue weighted by molar-refractivity contribution is -0.0499. The smallest absolute Gasteiger partial charge is 0.387 e. The molecule has 4 heteroatoms. The Morgan fingerprint density at radius 3 is 2.65 bits per heavy atom. The van der Waals surface area contributed by atoms with Crippen molar-refractivity contribution in [1.82, 2.24) is 5.32 Å². The number of benzene rings is 1. The Hall–Kier alpha value is -1.16. The van der Waals surface area contributed by atoms with Gasteiger partial charge < -0.3 is 10.1 Å². The van der Waals surface area contributed by atoms with Gasteiger partial charge in [-0.15, -0.1) is 0 Å². The van der Waals surface area contributed by atoms with Gasteiger partial charge in [-0.2, -0.15) is 8.78 Å². The molecule has 0 heterocycles. The minimum Gasteiger partial charge on any atom is -0.435 e. The van der Waals surface area contributed by atoms with Crippen molar-refractivity contribution in [2.24, 2.45) is 5.41 Å². The molecule has 1 N–H and O–H groups in total. The predicted octanol–water partition coefficient (Wildman–Crippen LogP) is 4.52. The molecule has 20 heavy (non-hydrogen) atoms. The Morgan fingerprint density at radius 1 is 1.35 bits per heavy atom. The number of rotatable bonds is 7. The molecular formula is C16H23F2NO. The highest BCUT2D eigenvalue weighted by Crippen LogP contribution is 2.43. The molecule has 112 valence electrons. The second kappa shape index (κ2) is 6.53.